The molecule has 7 heteroatoms. The van der Waals surface area contributed by atoms with Gasteiger partial charge in [-0.3, -0.25) is 9.59 Å². The minimum absolute atomic E-state index is 0.106. The number of likely N-dealkylation sites (tertiary alicyclic amines) is 2. The van der Waals surface area contributed by atoms with E-state index in [1.165, 1.54) is 11.3 Å². The van der Waals surface area contributed by atoms with Crippen LogP contribution in [0.1, 0.15) is 65.3 Å². The molecule has 1 atom stereocenters. The lowest BCUT2D eigenvalue weighted by atomic mass is 9.78. The summed E-state index contributed by atoms with van der Waals surface area (Å²) in [7, 11) is 0. The van der Waals surface area contributed by atoms with E-state index in [-0.39, 0.29) is 11.5 Å². The fraction of sp³-hybridized carbons (Fsp3) is 0.762. The van der Waals surface area contributed by atoms with E-state index < -0.39 is 0 Å². The van der Waals surface area contributed by atoms with Gasteiger partial charge in [-0.2, -0.15) is 0 Å². The highest BCUT2D eigenvalue weighted by atomic mass is 32.1. The molecule has 3 fully saturated rings. The fourth-order valence-electron chi connectivity index (χ4n) is 4.99. The molecule has 4 rings (SSSR count). The first-order valence-electron chi connectivity index (χ1n) is 10.6. The van der Waals surface area contributed by atoms with E-state index in [1.807, 2.05) is 23.6 Å². The van der Waals surface area contributed by atoms with Crippen LogP contribution in [0.15, 0.2) is 0 Å². The average Bonchev–Trinajstić information content (AvgIpc) is 3.32. The summed E-state index contributed by atoms with van der Waals surface area (Å²) in [6, 6.07) is 0. The Kier molecular flexibility index (Phi) is 5.74. The van der Waals surface area contributed by atoms with Gasteiger partial charge in [-0.25, -0.2) is 4.98 Å². The minimum atomic E-state index is -0.149. The van der Waals surface area contributed by atoms with Crippen molar-refractivity contribution in [1.29, 1.82) is 0 Å². The standard InChI is InChI=1S/C21H31N3O3S/c1-15-19(28-16(2)22-15)20(26)24-10-6-21(7-11-24)14-17(5-12-27-21)13-18(25)23-8-3-4-9-23/h17H,3-14H2,1-2H3. The van der Waals surface area contributed by atoms with Crippen molar-refractivity contribution in [3.05, 3.63) is 15.6 Å². The van der Waals surface area contributed by atoms with Gasteiger partial charge in [0.05, 0.1) is 16.3 Å². The number of amides is 2. The van der Waals surface area contributed by atoms with Crippen LogP contribution in [0, 0.1) is 19.8 Å². The molecule has 154 valence electrons. The maximum absolute atomic E-state index is 12.9. The lowest BCUT2D eigenvalue weighted by Crippen LogP contribution is -2.51. The number of aryl methyl sites for hydroxylation is 2. The number of piperidine rings is 1. The minimum Gasteiger partial charge on any atom is -0.375 e. The van der Waals surface area contributed by atoms with Gasteiger partial charge < -0.3 is 14.5 Å². The van der Waals surface area contributed by atoms with Crippen molar-refractivity contribution in [2.75, 3.05) is 32.8 Å². The molecule has 3 saturated heterocycles. The summed E-state index contributed by atoms with van der Waals surface area (Å²) in [4.78, 5) is 34.6. The van der Waals surface area contributed by atoms with Crippen LogP contribution in [0.5, 0.6) is 0 Å². The molecule has 1 unspecified atom stereocenters. The summed E-state index contributed by atoms with van der Waals surface area (Å²) >= 11 is 1.49. The number of nitrogens with zero attached hydrogens (tertiary/aromatic N) is 3. The Labute approximate surface area is 171 Å². The van der Waals surface area contributed by atoms with E-state index >= 15 is 0 Å². The number of hydrogen-bond acceptors (Lipinski definition) is 5. The Hall–Kier alpha value is -1.47. The van der Waals surface area contributed by atoms with Gasteiger partial charge in [-0.1, -0.05) is 0 Å². The molecule has 28 heavy (non-hydrogen) atoms. The van der Waals surface area contributed by atoms with E-state index in [1.54, 1.807) is 0 Å². The Morgan fingerprint density at radius 1 is 1.14 bits per heavy atom. The molecule has 0 N–H and O–H groups in total. The van der Waals surface area contributed by atoms with Gasteiger partial charge >= 0.3 is 0 Å². The van der Waals surface area contributed by atoms with Gasteiger partial charge in [0.2, 0.25) is 5.91 Å². The maximum atomic E-state index is 12.9. The molecule has 0 radical (unpaired) electrons. The van der Waals surface area contributed by atoms with Crippen LogP contribution in [-0.4, -0.2) is 65.0 Å². The van der Waals surface area contributed by atoms with Gasteiger partial charge in [0.1, 0.15) is 4.88 Å². The van der Waals surface area contributed by atoms with Crippen molar-refractivity contribution in [3.63, 3.8) is 0 Å². The number of hydrogen-bond donors (Lipinski definition) is 0. The first-order chi connectivity index (χ1) is 13.5. The molecule has 6 nitrogen and oxygen atoms in total. The number of rotatable bonds is 3. The second kappa shape index (κ2) is 8.11. The smallest absolute Gasteiger partial charge is 0.265 e. The second-order valence-electron chi connectivity index (χ2n) is 8.62. The van der Waals surface area contributed by atoms with Gasteiger partial charge in [-0.15, -0.1) is 11.3 Å². The maximum Gasteiger partial charge on any atom is 0.265 e. The molecular formula is C21H31N3O3S. The molecule has 0 saturated carbocycles. The third-order valence-corrected chi connectivity index (χ3v) is 7.64. The van der Waals surface area contributed by atoms with Crippen molar-refractivity contribution >= 4 is 23.2 Å². The zero-order valence-corrected chi connectivity index (χ0v) is 17.9. The molecular weight excluding hydrogens is 374 g/mol. The van der Waals surface area contributed by atoms with Crippen molar-refractivity contribution < 1.29 is 14.3 Å². The Balaban J connectivity index is 1.33. The van der Waals surface area contributed by atoms with Crippen LogP contribution >= 0.6 is 11.3 Å². The van der Waals surface area contributed by atoms with E-state index in [0.29, 0.717) is 18.2 Å². The Morgan fingerprint density at radius 3 is 2.50 bits per heavy atom. The Bertz CT molecular complexity index is 733. The lowest BCUT2D eigenvalue weighted by molar-refractivity contribution is -0.140. The number of aromatic nitrogens is 1. The molecule has 1 spiro atoms. The van der Waals surface area contributed by atoms with Crippen LogP contribution in [-0.2, 0) is 9.53 Å². The molecule has 2 amide bonds. The van der Waals surface area contributed by atoms with Crippen LogP contribution in [0.3, 0.4) is 0 Å². The Morgan fingerprint density at radius 2 is 1.86 bits per heavy atom. The number of carbonyl (C=O) groups is 2. The highest BCUT2D eigenvalue weighted by Crippen LogP contribution is 2.39. The average molecular weight is 406 g/mol. The number of thiazole rings is 1. The van der Waals surface area contributed by atoms with Gasteiger partial charge in [0.25, 0.3) is 5.91 Å². The van der Waals surface area contributed by atoms with Gasteiger partial charge in [-0.05, 0) is 58.3 Å². The molecule has 4 heterocycles. The second-order valence-corrected chi connectivity index (χ2v) is 9.83. The van der Waals surface area contributed by atoms with Gasteiger partial charge in [0.15, 0.2) is 0 Å². The molecule has 3 aliphatic heterocycles. The molecule has 3 aliphatic rings. The van der Waals surface area contributed by atoms with Crippen molar-refractivity contribution in [2.24, 2.45) is 5.92 Å². The van der Waals surface area contributed by atoms with E-state index in [0.717, 1.165) is 86.9 Å². The molecule has 0 bridgehead atoms. The normalized spacial score (nSPS) is 24.7. The summed E-state index contributed by atoms with van der Waals surface area (Å²) in [5.74, 6) is 0.841. The first-order valence-corrected chi connectivity index (χ1v) is 11.4. The van der Waals surface area contributed by atoms with E-state index in [2.05, 4.69) is 4.98 Å². The van der Waals surface area contributed by atoms with E-state index in [4.69, 9.17) is 4.74 Å². The summed E-state index contributed by atoms with van der Waals surface area (Å²) in [5, 5.41) is 0.940. The predicted molar refractivity (Wildman–Crippen MR) is 109 cm³/mol. The van der Waals surface area contributed by atoms with Crippen molar-refractivity contribution in [1.82, 2.24) is 14.8 Å². The zero-order chi connectivity index (χ0) is 19.7. The van der Waals surface area contributed by atoms with Crippen LogP contribution in [0.25, 0.3) is 0 Å². The molecule has 1 aromatic heterocycles. The highest BCUT2D eigenvalue weighted by Gasteiger charge is 2.42. The van der Waals surface area contributed by atoms with Gasteiger partial charge in [0, 0.05) is 39.2 Å². The topological polar surface area (TPSA) is 62.7 Å². The first kappa shape index (κ1) is 19.8. The van der Waals surface area contributed by atoms with Crippen LogP contribution in [0.4, 0.5) is 0 Å². The third kappa shape index (κ3) is 4.10. The summed E-state index contributed by atoms with van der Waals surface area (Å²) in [6.45, 7) is 7.90. The number of carbonyl (C=O) groups excluding carboxylic acids is 2. The third-order valence-electron chi connectivity index (χ3n) is 6.58. The van der Waals surface area contributed by atoms with Crippen LogP contribution in [0.2, 0.25) is 0 Å². The molecule has 0 aliphatic carbocycles. The fourth-order valence-corrected chi connectivity index (χ4v) is 5.87. The lowest BCUT2D eigenvalue weighted by Gasteiger charge is -2.46. The predicted octanol–water partition coefficient (Wildman–Crippen LogP) is 3.17. The van der Waals surface area contributed by atoms with E-state index in [9.17, 15) is 9.59 Å². The summed E-state index contributed by atoms with van der Waals surface area (Å²) in [5.41, 5.74) is 0.686. The molecule has 0 aromatic carbocycles. The zero-order valence-electron chi connectivity index (χ0n) is 17.0. The summed E-state index contributed by atoms with van der Waals surface area (Å²) < 4.78 is 6.23. The highest BCUT2D eigenvalue weighted by molar-refractivity contribution is 7.13. The van der Waals surface area contributed by atoms with Crippen molar-refractivity contribution in [3.8, 4) is 0 Å². The SMILES string of the molecule is Cc1nc(C)c(C(=O)N2CCC3(CC2)CC(CC(=O)N2CCCC2)CCO3)s1. The number of ether oxygens (including phenoxy) is 1. The monoisotopic (exact) mass is 405 g/mol. The largest absolute Gasteiger partial charge is 0.375 e. The summed E-state index contributed by atoms with van der Waals surface area (Å²) in [6.07, 6.45) is 6.61. The quantitative estimate of drug-likeness (QED) is 0.775. The molecule has 1 aromatic rings. The van der Waals surface area contributed by atoms with Crippen molar-refractivity contribution in [2.45, 2.75) is 64.4 Å². The van der Waals surface area contributed by atoms with Crippen LogP contribution < -0.4 is 0 Å².